The van der Waals surface area contributed by atoms with Gasteiger partial charge in [-0.05, 0) is 42.6 Å². The normalized spacial score (nSPS) is 11.7. The SMILES string of the molecule is Cc1ccc(NC(=O)Cc2nc(CN(C)Cc3ccc(C(C)(C)C)cc3)cs2)cc1. The molecule has 1 heterocycles. The van der Waals surface area contributed by atoms with Crippen LogP contribution in [0, 0.1) is 6.92 Å². The second kappa shape index (κ2) is 9.54. The summed E-state index contributed by atoms with van der Waals surface area (Å²) < 4.78 is 0. The van der Waals surface area contributed by atoms with Crippen molar-refractivity contribution in [2.75, 3.05) is 12.4 Å². The Balaban J connectivity index is 1.50. The Labute approximate surface area is 184 Å². The largest absolute Gasteiger partial charge is 0.326 e. The van der Waals surface area contributed by atoms with Gasteiger partial charge in [0.2, 0.25) is 5.91 Å². The van der Waals surface area contributed by atoms with Crippen LogP contribution in [-0.4, -0.2) is 22.8 Å². The third-order valence-corrected chi connectivity index (χ3v) is 5.85. The Morgan fingerprint density at radius 2 is 1.70 bits per heavy atom. The molecule has 0 bridgehead atoms. The highest BCUT2D eigenvalue weighted by Crippen LogP contribution is 2.22. The topological polar surface area (TPSA) is 45.2 Å². The summed E-state index contributed by atoms with van der Waals surface area (Å²) in [4.78, 5) is 19.2. The van der Waals surface area contributed by atoms with Crippen molar-refractivity contribution in [3.63, 3.8) is 0 Å². The molecule has 0 aliphatic carbocycles. The predicted molar refractivity (Wildman–Crippen MR) is 126 cm³/mol. The van der Waals surface area contributed by atoms with Crippen molar-refractivity contribution in [2.45, 2.75) is 52.6 Å². The van der Waals surface area contributed by atoms with Crippen molar-refractivity contribution in [1.29, 1.82) is 0 Å². The fourth-order valence-corrected chi connectivity index (χ4v) is 4.02. The molecule has 0 aliphatic heterocycles. The number of carbonyl (C=O) groups excluding carboxylic acids is 1. The molecule has 0 radical (unpaired) electrons. The summed E-state index contributed by atoms with van der Waals surface area (Å²) in [5.74, 6) is -0.0351. The van der Waals surface area contributed by atoms with Crippen LogP contribution in [0.5, 0.6) is 0 Å². The van der Waals surface area contributed by atoms with E-state index >= 15 is 0 Å². The molecule has 0 atom stereocenters. The van der Waals surface area contributed by atoms with Crippen LogP contribution in [0.25, 0.3) is 0 Å². The van der Waals surface area contributed by atoms with E-state index in [0.717, 1.165) is 29.5 Å². The number of aromatic nitrogens is 1. The Morgan fingerprint density at radius 1 is 1.03 bits per heavy atom. The van der Waals surface area contributed by atoms with Crippen LogP contribution in [0.1, 0.15) is 48.2 Å². The molecule has 4 nitrogen and oxygen atoms in total. The van der Waals surface area contributed by atoms with E-state index in [1.807, 2.05) is 36.6 Å². The van der Waals surface area contributed by atoms with Crippen molar-refractivity contribution in [1.82, 2.24) is 9.88 Å². The summed E-state index contributed by atoms with van der Waals surface area (Å²) in [6.07, 6.45) is 0.302. The van der Waals surface area contributed by atoms with Crippen LogP contribution < -0.4 is 5.32 Å². The molecule has 0 fully saturated rings. The van der Waals surface area contributed by atoms with Gasteiger partial charge in [0.05, 0.1) is 12.1 Å². The molecule has 2 aromatic carbocycles. The Hall–Kier alpha value is -2.50. The van der Waals surface area contributed by atoms with Gasteiger partial charge >= 0.3 is 0 Å². The van der Waals surface area contributed by atoms with Gasteiger partial charge in [0.15, 0.2) is 0 Å². The molecule has 1 N–H and O–H groups in total. The van der Waals surface area contributed by atoms with Crippen molar-refractivity contribution in [3.8, 4) is 0 Å². The minimum Gasteiger partial charge on any atom is -0.326 e. The molecular weight excluding hydrogens is 390 g/mol. The first kappa shape index (κ1) is 22.2. The van der Waals surface area contributed by atoms with Crippen molar-refractivity contribution < 1.29 is 4.79 Å². The molecule has 1 aromatic heterocycles. The first-order valence-electron chi connectivity index (χ1n) is 10.3. The average Bonchev–Trinajstić information content (AvgIpc) is 3.09. The Morgan fingerprint density at radius 3 is 2.33 bits per heavy atom. The number of nitrogens with one attached hydrogen (secondary N) is 1. The van der Waals surface area contributed by atoms with Crippen molar-refractivity contribution >= 4 is 22.9 Å². The molecule has 1 amide bonds. The summed E-state index contributed by atoms with van der Waals surface area (Å²) in [5, 5.41) is 5.83. The molecule has 0 saturated heterocycles. The zero-order chi connectivity index (χ0) is 21.7. The van der Waals surface area contributed by atoms with Crippen molar-refractivity contribution in [2.24, 2.45) is 0 Å². The molecule has 3 rings (SSSR count). The standard InChI is InChI=1S/C25H31N3OS/c1-18-6-12-21(13-7-18)26-23(29)14-24-27-22(17-30-24)16-28(5)15-19-8-10-20(11-9-19)25(2,3)4/h6-13,17H,14-16H2,1-5H3,(H,26,29). The molecule has 0 aliphatic rings. The van der Waals surface area contributed by atoms with Crippen LogP contribution in [0.4, 0.5) is 5.69 Å². The first-order valence-corrected chi connectivity index (χ1v) is 11.1. The van der Waals surface area contributed by atoms with Crippen LogP contribution in [0.2, 0.25) is 0 Å². The molecule has 30 heavy (non-hydrogen) atoms. The number of hydrogen-bond acceptors (Lipinski definition) is 4. The van der Waals surface area contributed by atoms with E-state index in [9.17, 15) is 4.79 Å². The zero-order valence-electron chi connectivity index (χ0n) is 18.5. The maximum absolute atomic E-state index is 12.3. The summed E-state index contributed by atoms with van der Waals surface area (Å²) in [6.45, 7) is 10.3. The summed E-state index contributed by atoms with van der Waals surface area (Å²) >= 11 is 1.55. The highest BCUT2D eigenvalue weighted by atomic mass is 32.1. The maximum atomic E-state index is 12.3. The van der Waals surface area contributed by atoms with Crippen LogP contribution >= 0.6 is 11.3 Å². The van der Waals surface area contributed by atoms with Gasteiger partial charge in [-0.3, -0.25) is 9.69 Å². The smallest absolute Gasteiger partial charge is 0.231 e. The first-order chi connectivity index (χ1) is 14.2. The third kappa shape index (κ3) is 6.51. The van der Waals surface area contributed by atoms with E-state index in [2.05, 4.69) is 67.3 Å². The van der Waals surface area contributed by atoms with Gasteiger partial charge in [-0.1, -0.05) is 62.7 Å². The predicted octanol–water partition coefficient (Wildman–Crippen LogP) is 5.56. The van der Waals surface area contributed by atoms with Gasteiger partial charge in [-0.2, -0.15) is 0 Å². The monoisotopic (exact) mass is 421 g/mol. The van der Waals surface area contributed by atoms with E-state index in [1.54, 1.807) is 11.3 Å². The van der Waals surface area contributed by atoms with Crippen molar-refractivity contribution in [3.05, 3.63) is 81.3 Å². The minimum atomic E-state index is -0.0351. The molecule has 0 spiro atoms. The second-order valence-corrected chi connectivity index (χ2v) is 9.89. The maximum Gasteiger partial charge on any atom is 0.231 e. The lowest BCUT2D eigenvalue weighted by atomic mass is 9.87. The van der Waals surface area contributed by atoms with Gasteiger partial charge in [0, 0.05) is 24.2 Å². The zero-order valence-corrected chi connectivity index (χ0v) is 19.3. The highest BCUT2D eigenvalue weighted by molar-refractivity contribution is 7.09. The number of rotatable bonds is 7. The minimum absolute atomic E-state index is 0.0351. The summed E-state index contributed by atoms with van der Waals surface area (Å²) in [5.41, 5.74) is 5.81. The summed E-state index contributed by atoms with van der Waals surface area (Å²) in [7, 11) is 2.10. The number of hydrogen-bond donors (Lipinski definition) is 1. The van der Waals surface area contributed by atoms with E-state index in [0.29, 0.717) is 6.42 Å². The number of carbonyl (C=O) groups is 1. The number of thiazole rings is 1. The van der Waals surface area contributed by atoms with Gasteiger partial charge in [-0.25, -0.2) is 4.98 Å². The van der Waals surface area contributed by atoms with Gasteiger partial charge in [0.1, 0.15) is 5.01 Å². The lowest BCUT2D eigenvalue weighted by molar-refractivity contribution is -0.115. The molecule has 5 heteroatoms. The number of benzene rings is 2. The average molecular weight is 422 g/mol. The van der Waals surface area contributed by atoms with Gasteiger partial charge in [0.25, 0.3) is 0 Å². The van der Waals surface area contributed by atoms with E-state index in [4.69, 9.17) is 0 Å². The fraction of sp³-hybridized carbons (Fsp3) is 0.360. The van der Waals surface area contributed by atoms with Gasteiger partial charge in [-0.15, -0.1) is 11.3 Å². The Kier molecular flexibility index (Phi) is 7.06. The number of anilines is 1. The van der Waals surface area contributed by atoms with E-state index in [1.165, 1.54) is 16.7 Å². The molecule has 3 aromatic rings. The lowest BCUT2D eigenvalue weighted by Crippen LogP contribution is -2.18. The molecule has 158 valence electrons. The summed E-state index contributed by atoms with van der Waals surface area (Å²) in [6, 6.07) is 16.7. The van der Waals surface area contributed by atoms with Gasteiger partial charge < -0.3 is 5.32 Å². The second-order valence-electron chi connectivity index (χ2n) is 8.94. The number of aryl methyl sites for hydroxylation is 1. The van der Waals surface area contributed by atoms with E-state index < -0.39 is 0 Å². The van der Waals surface area contributed by atoms with Crippen LogP contribution in [-0.2, 0) is 29.7 Å². The molecular formula is C25H31N3OS. The number of nitrogens with zero attached hydrogens (tertiary/aromatic N) is 2. The Bertz CT molecular complexity index is 969. The van der Waals surface area contributed by atoms with E-state index in [-0.39, 0.29) is 11.3 Å². The highest BCUT2D eigenvalue weighted by Gasteiger charge is 2.14. The molecule has 0 unspecified atom stereocenters. The number of amides is 1. The third-order valence-electron chi connectivity index (χ3n) is 4.95. The quantitative estimate of drug-likeness (QED) is 0.543. The lowest BCUT2D eigenvalue weighted by Gasteiger charge is -2.20. The van der Waals surface area contributed by atoms with Crippen LogP contribution in [0.15, 0.2) is 53.9 Å². The van der Waals surface area contributed by atoms with Crippen LogP contribution in [0.3, 0.4) is 0 Å². The molecule has 0 saturated carbocycles. The fourth-order valence-electron chi connectivity index (χ4n) is 3.24.